The van der Waals surface area contributed by atoms with E-state index in [-0.39, 0.29) is 4.90 Å². The fourth-order valence-electron chi connectivity index (χ4n) is 1.81. The third kappa shape index (κ3) is 3.52. The van der Waals surface area contributed by atoms with Gasteiger partial charge in [-0.05, 0) is 11.5 Å². The average Bonchev–Trinajstić information content (AvgIpc) is 2.43. The van der Waals surface area contributed by atoms with Gasteiger partial charge in [0.2, 0.25) is 10.0 Å². The molecule has 0 heterocycles. The number of hydrogen-bond acceptors (Lipinski definition) is 3. The number of fused-ring (bicyclic) bond motifs is 1. The number of hydrogen-bond donors (Lipinski definition) is 2. The van der Waals surface area contributed by atoms with Crippen LogP contribution in [0.1, 0.15) is 0 Å². The maximum absolute atomic E-state index is 12.2. The van der Waals surface area contributed by atoms with Crippen LogP contribution in [-0.2, 0) is 10.0 Å². The molecule has 0 aromatic heterocycles. The molecule has 2 aromatic carbocycles. The SMILES string of the molecule is O=S(=O)(NC[C@@H](O)C(F)(F)F)c1cccc2ccccc12. The molecule has 2 rings (SSSR count). The van der Waals surface area contributed by atoms with Gasteiger partial charge in [-0.2, -0.15) is 13.2 Å². The summed E-state index contributed by atoms with van der Waals surface area (Å²) in [6.07, 6.45) is -7.62. The van der Waals surface area contributed by atoms with Crippen molar-refractivity contribution >= 4 is 20.8 Å². The van der Waals surface area contributed by atoms with Gasteiger partial charge >= 0.3 is 6.18 Å². The first-order chi connectivity index (χ1) is 9.72. The number of rotatable bonds is 4. The largest absolute Gasteiger partial charge is 0.415 e. The van der Waals surface area contributed by atoms with E-state index >= 15 is 0 Å². The lowest BCUT2D eigenvalue weighted by Crippen LogP contribution is -2.40. The molecule has 0 aliphatic rings. The van der Waals surface area contributed by atoms with Gasteiger partial charge in [-0.3, -0.25) is 0 Å². The van der Waals surface area contributed by atoms with Crippen molar-refractivity contribution in [1.29, 1.82) is 0 Å². The van der Waals surface area contributed by atoms with Crippen LogP contribution in [0.5, 0.6) is 0 Å². The zero-order valence-electron chi connectivity index (χ0n) is 10.6. The maximum atomic E-state index is 12.2. The van der Waals surface area contributed by atoms with E-state index in [1.165, 1.54) is 12.1 Å². The van der Waals surface area contributed by atoms with Crippen LogP contribution in [-0.4, -0.2) is 32.3 Å². The maximum Gasteiger partial charge on any atom is 0.415 e. The number of aliphatic hydroxyl groups excluding tert-OH is 1. The van der Waals surface area contributed by atoms with Crippen LogP contribution in [0.15, 0.2) is 47.4 Å². The molecular formula is C13H12F3NO3S. The fraction of sp³-hybridized carbons (Fsp3) is 0.231. The lowest BCUT2D eigenvalue weighted by Gasteiger charge is -2.15. The molecule has 2 N–H and O–H groups in total. The van der Waals surface area contributed by atoms with Crippen LogP contribution < -0.4 is 4.72 Å². The van der Waals surface area contributed by atoms with Crippen molar-refractivity contribution in [2.24, 2.45) is 0 Å². The van der Waals surface area contributed by atoms with Crippen molar-refractivity contribution in [2.75, 3.05) is 6.54 Å². The van der Waals surface area contributed by atoms with E-state index in [1.807, 2.05) is 0 Å². The second-order valence-corrected chi connectivity index (χ2v) is 6.12. The molecule has 21 heavy (non-hydrogen) atoms. The number of sulfonamides is 1. The smallest absolute Gasteiger partial charge is 0.382 e. The standard InChI is InChI=1S/C13H12F3NO3S/c14-13(15,16)12(18)8-17-21(19,20)11-7-3-5-9-4-1-2-6-10(9)11/h1-7,12,17-18H,8H2/t12-/m1/s1. The molecule has 0 radical (unpaired) electrons. The molecule has 0 amide bonds. The predicted molar refractivity (Wildman–Crippen MR) is 71.2 cm³/mol. The highest BCUT2D eigenvalue weighted by Gasteiger charge is 2.38. The summed E-state index contributed by atoms with van der Waals surface area (Å²) in [7, 11) is -4.15. The molecular weight excluding hydrogens is 307 g/mol. The Kier molecular flexibility index (Phi) is 4.22. The van der Waals surface area contributed by atoms with Crippen molar-refractivity contribution in [3.05, 3.63) is 42.5 Å². The Morgan fingerprint density at radius 3 is 2.38 bits per heavy atom. The van der Waals surface area contributed by atoms with E-state index in [9.17, 15) is 21.6 Å². The van der Waals surface area contributed by atoms with E-state index in [0.29, 0.717) is 10.8 Å². The van der Waals surface area contributed by atoms with Crippen LogP contribution in [0.2, 0.25) is 0 Å². The molecule has 0 aliphatic carbocycles. The Hall–Kier alpha value is -1.64. The van der Waals surface area contributed by atoms with Crippen LogP contribution in [0.3, 0.4) is 0 Å². The van der Waals surface area contributed by atoms with Crippen LogP contribution in [0.4, 0.5) is 13.2 Å². The Labute approximate surface area is 119 Å². The molecule has 0 bridgehead atoms. The normalized spacial score (nSPS) is 14.3. The third-order valence-electron chi connectivity index (χ3n) is 2.88. The van der Waals surface area contributed by atoms with Gasteiger partial charge in [0.05, 0.1) is 4.90 Å². The minimum absolute atomic E-state index is 0.130. The number of aliphatic hydroxyl groups is 1. The molecule has 8 heteroatoms. The molecule has 4 nitrogen and oxygen atoms in total. The van der Waals surface area contributed by atoms with Gasteiger partial charge in [-0.15, -0.1) is 0 Å². The first kappa shape index (κ1) is 15.7. The topological polar surface area (TPSA) is 66.4 Å². The summed E-state index contributed by atoms with van der Waals surface area (Å²) in [6, 6.07) is 11.1. The first-order valence-corrected chi connectivity index (χ1v) is 7.42. The summed E-state index contributed by atoms with van der Waals surface area (Å²) in [5.41, 5.74) is 0. The second-order valence-electron chi connectivity index (χ2n) is 4.39. The van der Waals surface area contributed by atoms with Crippen molar-refractivity contribution < 1.29 is 26.7 Å². The van der Waals surface area contributed by atoms with Crippen LogP contribution in [0.25, 0.3) is 10.8 Å². The lowest BCUT2D eigenvalue weighted by molar-refractivity contribution is -0.200. The van der Waals surface area contributed by atoms with E-state index in [0.717, 1.165) is 0 Å². The molecule has 1 atom stereocenters. The lowest BCUT2D eigenvalue weighted by atomic mass is 10.1. The first-order valence-electron chi connectivity index (χ1n) is 5.94. The highest BCUT2D eigenvalue weighted by atomic mass is 32.2. The van der Waals surface area contributed by atoms with Gasteiger partial charge in [0, 0.05) is 11.9 Å². The van der Waals surface area contributed by atoms with Crippen molar-refractivity contribution in [3.63, 3.8) is 0 Å². The number of alkyl halides is 3. The van der Waals surface area contributed by atoms with Crippen LogP contribution in [0, 0.1) is 0 Å². The highest BCUT2D eigenvalue weighted by molar-refractivity contribution is 7.89. The predicted octanol–water partition coefficient (Wildman–Crippen LogP) is 2.04. The summed E-state index contributed by atoms with van der Waals surface area (Å²) in [6.45, 7) is -1.13. The Bertz CT molecular complexity index is 738. The molecule has 0 aliphatic heterocycles. The van der Waals surface area contributed by atoms with Crippen molar-refractivity contribution in [1.82, 2.24) is 4.72 Å². The minimum Gasteiger partial charge on any atom is -0.382 e. The van der Waals surface area contributed by atoms with Gasteiger partial charge in [-0.25, -0.2) is 13.1 Å². The van der Waals surface area contributed by atoms with Crippen LogP contribution >= 0.6 is 0 Å². The van der Waals surface area contributed by atoms with Crippen molar-refractivity contribution in [2.45, 2.75) is 17.2 Å². The van der Waals surface area contributed by atoms with E-state index in [4.69, 9.17) is 5.11 Å². The minimum atomic E-state index is -4.87. The summed E-state index contributed by atoms with van der Waals surface area (Å²) in [5.74, 6) is 0. The third-order valence-corrected chi connectivity index (χ3v) is 4.37. The van der Waals surface area contributed by atoms with Crippen molar-refractivity contribution in [3.8, 4) is 0 Å². The zero-order valence-corrected chi connectivity index (χ0v) is 11.4. The van der Waals surface area contributed by atoms with Gasteiger partial charge in [0.15, 0.2) is 6.10 Å². The van der Waals surface area contributed by atoms with E-state index in [1.54, 1.807) is 35.1 Å². The van der Waals surface area contributed by atoms with Gasteiger partial charge in [0.25, 0.3) is 0 Å². The summed E-state index contributed by atoms with van der Waals surface area (Å²) < 4.78 is 62.5. The fourth-order valence-corrected chi connectivity index (χ4v) is 3.08. The molecule has 2 aromatic rings. The zero-order chi connectivity index (χ0) is 15.7. The molecule has 0 unspecified atom stereocenters. The number of nitrogens with one attached hydrogen (secondary N) is 1. The van der Waals surface area contributed by atoms with Gasteiger partial charge in [0.1, 0.15) is 0 Å². The average molecular weight is 319 g/mol. The van der Waals surface area contributed by atoms with Gasteiger partial charge < -0.3 is 5.11 Å². The molecule has 0 saturated heterocycles. The van der Waals surface area contributed by atoms with E-state index < -0.39 is 28.8 Å². The molecule has 114 valence electrons. The number of benzene rings is 2. The summed E-state index contributed by atoms with van der Waals surface area (Å²) >= 11 is 0. The van der Waals surface area contributed by atoms with Gasteiger partial charge in [-0.1, -0.05) is 36.4 Å². The summed E-state index contributed by atoms with van der Waals surface area (Å²) in [4.78, 5) is -0.130. The number of halogens is 3. The summed E-state index contributed by atoms with van der Waals surface area (Å²) in [5, 5.41) is 9.90. The second kappa shape index (κ2) is 5.63. The molecule has 0 saturated carbocycles. The highest BCUT2D eigenvalue weighted by Crippen LogP contribution is 2.23. The Balaban J connectivity index is 2.31. The molecule has 0 spiro atoms. The van der Waals surface area contributed by atoms with E-state index in [2.05, 4.69) is 0 Å². The Morgan fingerprint density at radius 2 is 1.71 bits per heavy atom. The monoisotopic (exact) mass is 319 g/mol. The molecule has 0 fully saturated rings. The quantitative estimate of drug-likeness (QED) is 0.906. The Morgan fingerprint density at radius 1 is 1.10 bits per heavy atom.